The molecule has 0 N–H and O–H groups in total. The number of hydrogen-bond acceptors (Lipinski definition) is 3. The summed E-state index contributed by atoms with van der Waals surface area (Å²) >= 11 is 0. The molecule has 0 radical (unpaired) electrons. The van der Waals surface area contributed by atoms with Crippen LogP contribution < -0.4 is 0 Å². The molecule has 22 heavy (non-hydrogen) atoms. The Bertz CT molecular complexity index is 804. The summed E-state index contributed by atoms with van der Waals surface area (Å²) in [6, 6.07) is 10.4. The number of benzene rings is 1. The lowest BCUT2D eigenvalue weighted by Crippen LogP contribution is -2.05. The van der Waals surface area contributed by atoms with Crippen LogP contribution in [0, 0.1) is 0 Å². The minimum atomic E-state index is 0.374. The Balaban J connectivity index is 1.73. The standard InChI is InChI=1S/C18H18N4/c1-3-7-14(8-4-1)11-22-13-21-17-16(19-12-20-18(17)22)15-9-5-2-6-10-15/h1,3-5,7-9,12-13,15H,2,6,10-11H2. The summed E-state index contributed by atoms with van der Waals surface area (Å²) in [7, 11) is 0. The molecule has 1 aliphatic carbocycles. The molecule has 1 unspecified atom stereocenters. The first-order valence-corrected chi connectivity index (χ1v) is 7.78. The highest BCUT2D eigenvalue weighted by Gasteiger charge is 2.18. The Morgan fingerprint density at radius 2 is 2.00 bits per heavy atom. The molecule has 1 atom stereocenters. The highest BCUT2D eigenvalue weighted by molar-refractivity contribution is 5.74. The van der Waals surface area contributed by atoms with Crippen LogP contribution in [-0.4, -0.2) is 19.5 Å². The van der Waals surface area contributed by atoms with Gasteiger partial charge in [0, 0.05) is 5.92 Å². The second-order valence-electron chi connectivity index (χ2n) is 5.75. The molecule has 0 bridgehead atoms. The van der Waals surface area contributed by atoms with Crippen LogP contribution in [0.2, 0.25) is 0 Å². The van der Waals surface area contributed by atoms with Crippen LogP contribution >= 0.6 is 0 Å². The van der Waals surface area contributed by atoms with Crippen LogP contribution in [0.1, 0.15) is 36.4 Å². The SMILES string of the molecule is C1=CC(c2ncnc3c2ncn3Cc2ccccc2)CCC1. The monoisotopic (exact) mass is 290 g/mol. The largest absolute Gasteiger partial charge is 0.311 e. The van der Waals surface area contributed by atoms with Crippen molar-refractivity contribution >= 4 is 11.2 Å². The lowest BCUT2D eigenvalue weighted by molar-refractivity contribution is 0.643. The molecule has 110 valence electrons. The van der Waals surface area contributed by atoms with E-state index in [4.69, 9.17) is 0 Å². The van der Waals surface area contributed by atoms with E-state index < -0.39 is 0 Å². The molecule has 0 amide bonds. The van der Waals surface area contributed by atoms with Gasteiger partial charge in [0.15, 0.2) is 5.65 Å². The molecule has 4 heteroatoms. The lowest BCUT2D eigenvalue weighted by atomic mass is 9.92. The van der Waals surface area contributed by atoms with Crippen molar-refractivity contribution in [1.29, 1.82) is 0 Å². The van der Waals surface area contributed by atoms with Crippen LogP contribution in [0.5, 0.6) is 0 Å². The molecule has 2 heterocycles. The van der Waals surface area contributed by atoms with Gasteiger partial charge in [-0.05, 0) is 24.8 Å². The summed E-state index contributed by atoms with van der Waals surface area (Å²) in [6.07, 6.45) is 11.6. The van der Waals surface area contributed by atoms with E-state index in [9.17, 15) is 0 Å². The zero-order valence-electron chi connectivity index (χ0n) is 12.4. The van der Waals surface area contributed by atoms with Crippen molar-refractivity contribution < 1.29 is 0 Å². The Morgan fingerprint density at radius 1 is 1.09 bits per heavy atom. The summed E-state index contributed by atoms with van der Waals surface area (Å²) < 4.78 is 2.10. The van der Waals surface area contributed by atoms with Crippen molar-refractivity contribution in [3.05, 3.63) is 66.4 Å². The second kappa shape index (κ2) is 5.72. The van der Waals surface area contributed by atoms with Gasteiger partial charge in [-0.15, -0.1) is 0 Å². The van der Waals surface area contributed by atoms with Gasteiger partial charge in [-0.1, -0.05) is 42.5 Å². The predicted octanol–water partition coefficient (Wildman–Crippen LogP) is 3.70. The lowest BCUT2D eigenvalue weighted by Gasteiger charge is -2.15. The summed E-state index contributed by atoms with van der Waals surface area (Å²) in [6.45, 7) is 0.786. The van der Waals surface area contributed by atoms with Gasteiger partial charge in [0.1, 0.15) is 11.8 Å². The van der Waals surface area contributed by atoms with Gasteiger partial charge < -0.3 is 4.57 Å². The molecule has 1 aliphatic rings. The second-order valence-corrected chi connectivity index (χ2v) is 5.75. The van der Waals surface area contributed by atoms with Crippen molar-refractivity contribution in [2.75, 3.05) is 0 Å². The van der Waals surface area contributed by atoms with E-state index in [0.29, 0.717) is 5.92 Å². The highest BCUT2D eigenvalue weighted by atomic mass is 15.1. The van der Waals surface area contributed by atoms with E-state index >= 15 is 0 Å². The van der Waals surface area contributed by atoms with Crippen LogP contribution in [0.15, 0.2) is 55.1 Å². The van der Waals surface area contributed by atoms with E-state index in [1.165, 1.54) is 18.4 Å². The molecule has 2 aromatic heterocycles. The number of aromatic nitrogens is 4. The maximum Gasteiger partial charge on any atom is 0.163 e. The average molecular weight is 290 g/mol. The molecule has 4 rings (SSSR count). The summed E-state index contributed by atoms with van der Waals surface area (Å²) in [4.78, 5) is 13.6. The van der Waals surface area contributed by atoms with Gasteiger partial charge in [-0.3, -0.25) is 0 Å². The van der Waals surface area contributed by atoms with Crippen molar-refractivity contribution in [1.82, 2.24) is 19.5 Å². The molecule has 0 saturated carbocycles. The van der Waals surface area contributed by atoms with Crippen LogP contribution in [0.4, 0.5) is 0 Å². The first-order valence-electron chi connectivity index (χ1n) is 7.78. The molecule has 0 aliphatic heterocycles. The third-order valence-electron chi connectivity index (χ3n) is 4.23. The molecule has 1 aromatic carbocycles. The molecular formula is C18H18N4. The van der Waals surface area contributed by atoms with Gasteiger partial charge >= 0.3 is 0 Å². The van der Waals surface area contributed by atoms with Gasteiger partial charge in [0.25, 0.3) is 0 Å². The molecule has 0 spiro atoms. The maximum absolute atomic E-state index is 4.59. The van der Waals surface area contributed by atoms with E-state index in [1.807, 2.05) is 12.4 Å². The first-order chi connectivity index (χ1) is 10.9. The fourth-order valence-electron chi connectivity index (χ4n) is 3.11. The van der Waals surface area contributed by atoms with Crippen LogP contribution in [0.25, 0.3) is 11.2 Å². The van der Waals surface area contributed by atoms with Crippen molar-refractivity contribution in [3.8, 4) is 0 Å². The Morgan fingerprint density at radius 3 is 2.82 bits per heavy atom. The van der Waals surface area contributed by atoms with Gasteiger partial charge in [-0.25, -0.2) is 15.0 Å². The number of hydrogen-bond donors (Lipinski definition) is 0. The van der Waals surface area contributed by atoms with Crippen LogP contribution in [0.3, 0.4) is 0 Å². The number of imidazole rings is 1. The maximum atomic E-state index is 4.59. The zero-order valence-corrected chi connectivity index (χ0v) is 12.4. The van der Waals surface area contributed by atoms with Crippen molar-refractivity contribution in [2.45, 2.75) is 31.7 Å². The summed E-state index contributed by atoms with van der Waals surface area (Å²) in [5.41, 5.74) is 4.18. The smallest absolute Gasteiger partial charge is 0.163 e. The van der Waals surface area contributed by atoms with E-state index in [0.717, 1.165) is 29.8 Å². The highest BCUT2D eigenvalue weighted by Crippen LogP contribution is 2.29. The molecular weight excluding hydrogens is 272 g/mol. The van der Waals surface area contributed by atoms with E-state index in [2.05, 4.69) is 55.9 Å². The molecule has 0 saturated heterocycles. The summed E-state index contributed by atoms with van der Waals surface area (Å²) in [5, 5.41) is 0. The number of rotatable bonds is 3. The topological polar surface area (TPSA) is 43.6 Å². The first kappa shape index (κ1) is 13.2. The molecule has 4 nitrogen and oxygen atoms in total. The number of nitrogens with zero attached hydrogens (tertiary/aromatic N) is 4. The van der Waals surface area contributed by atoms with Gasteiger partial charge in [0.05, 0.1) is 18.6 Å². The van der Waals surface area contributed by atoms with E-state index in [1.54, 1.807) is 6.33 Å². The Kier molecular flexibility index (Phi) is 3.43. The van der Waals surface area contributed by atoms with Crippen molar-refractivity contribution in [2.24, 2.45) is 0 Å². The fraction of sp³-hybridized carbons (Fsp3) is 0.278. The summed E-state index contributed by atoms with van der Waals surface area (Å²) in [5.74, 6) is 0.374. The van der Waals surface area contributed by atoms with Gasteiger partial charge in [-0.2, -0.15) is 0 Å². The Hall–Kier alpha value is -2.49. The average Bonchev–Trinajstić information content (AvgIpc) is 3.00. The minimum Gasteiger partial charge on any atom is -0.311 e. The van der Waals surface area contributed by atoms with Crippen LogP contribution in [-0.2, 0) is 6.54 Å². The normalized spacial score (nSPS) is 17.9. The zero-order chi connectivity index (χ0) is 14.8. The third-order valence-corrected chi connectivity index (χ3v) is 4.23. The predicted molar refractivity (Wildman–Crippen MR) is 86.6 cm³/mol. The molecule has 3 aromatic rings. The fourth-order valence-corrected chi connectivity index (χ4v) is 3.11. The minimum absolute atomic E-state index is 0.374. The quantitative estimate of drug-likeness (QED) is 0.691. The van der Waals surface area contributed by atoms with Crippen molar-refractivity contribution in [3.63, 3.8) is 0 Å². The van der Waals surface area contributed by atoms with E-state index in [-0.39, 0.29) is 0 Å². The number of allylic oxidation sites excluding steroid dienone is 2. The Labute approximate surface area is 129 Å². The third kappa shape index (κ3) is 2.41. The van der Waals surface area contributed by atoms with Gasteiger partial charge in [0.2, 0.25) is 0 Å². The number of fused-ring (bicyclic) bond motifs is 1. The molecule has 0 fully saturated rings.